The highest BCUT2D eigenvalue weighted by molar-refractivity contribution is 8.07. The van der Waals surface area contributed by atoms with Crippen molar-refractivity contribution in [3.63, 3.8) is 0 Å². The number of hydrogen-bond donors (Lipinski definition) is 6. The lowest BCUT2D eigenvalue weighted by Gasteiger charge is -2.36. The molecule has 8 N–H and O–H groups in total. The van der Waals surface area contributed by atoms with Crippen LogP contribution in [0.25, 0.3) is 22.3 Å². The van der Waals surface area contributed by atoms with Gasteiger partial charge in [0, 0.05) is 11.3 Å². The molecule has 1 spiro atoms. The number of aromatic nitrogens is 8. The van der Waals surface area contributed by atoms with Crippen molar-refractivity contribution in [2.24, 2.45) is 11.3 Å². The van der Waals surface area contributed by atoms with Gasteiger partial charge in [-0.15, -0.1) is 0 Å². The van der Waals surface area contributed by atoms with Gasteiger partial charge in [-0.3, -0.25) is 27.9 Å². The van der Waals surface area contributed by atoms with Crippen LogP contribution in [0.4, 0.5) is 11.8 Å². The zero-order valence-corrected chi connectivity index (χ0v) is 27.3. The van der Waals surface area contributed by atoms with Gasteiger partial charge in [0.25, 0.3) is 5.56 Å². The maximum Gasteiger partial charge on any atom is 0.472 e. The van der Waals surface area contributed by atoms with Crippen LogP contribution in [0.5, 0.6) is 0 Å². The van der Waals surface area contributed by atoms with Gasteiger partial charge >= 0.3 is 14.5 Å². The second kappa shape index (κ2) is 9.83. The molecule has 48 heavy (non-hydrogen) atoms. The van der Waals surface area contributed by atoms with E-state index in [1.165, 1.54) is 28.1 Å². The highest BCUT2D eigenvalue weighted by Gasteiger charge is 2.85. The number of imidazole rings is 2. The number of H-pyrrole nitrogens is 1. The molecule has 9 rings (SSSR count). The molecular formula is C24H28N10O11P2S. The lowest BCUT2D eigenvalue weighted by molar-refractivity contribution is -0.184. The summed E-state index contributed by atoms with van der Waals surface area (Å²) in [7, 11) is -4.98. The number of nitrogens with two attached hydrogens (primary N) is 2. The molecule has 3 saturated heterocycles. The predicted octanol–water partition coefficient (Wildman–Crippen LogP) is -0.763. The standard InChI is InChI=1S/C24H28N10O11P2S/c1-22-3-42-47(39,48)44-15-13-20(34-8-29-11-16(25)27-6-28-17(11)34)43-23(15,4-40-13)5-41-46(37,38)45-24(22)10(22)2-9(14(24)35)33-7-30-12-18(33)31-21(26)32-19(12)36/h6-10,13-15,20,35H,2-5H2,1H3,(H,37,38)(H,39,48)(H2,25,27,28)(H3,26,31,32,36)/t9-,10-,13-,14+,15+,20-,22+,23-,24-,47?/m1/s1. The third-order valence-corrected chi connectivity index (χ3v) is 12.8. The van der Waals surface area contributed by atoms with Crippen molar-refractivity contribution in [1.82, 2.24) is 39.0 Å². The molecule has 256 valence electrons. The fraction of sp³-hybridized carbons (Fsp3) is 0.583. The van der Waals surface area contributed by atoms with Crippen molar-refractivity contribution in [2.75, 3.05) is 31.3 Å². The molecule has 21 nitrogen and oxygen atoms in total. The van der Waals surface area contributed by atoms with Crippen LogP contribution in [0.3, 0.4) is 0 Å². The van der Waals surface area contributed by atoms with Crippen molar-refractivity contribution in [1.29, 1.82) is 0 Å². The number of rotatable bonds is 2. The quantitative estimate of drug-likeness (QED) is 0.138. The molecular weight excluding hydrogens is 698 g/mol. The Balaban J connectivity index is 1.06. The summed E-state index contributed by atoms with van der Waals surface area (Å²) in [5.41, 5.74) is 7.45. The molecule has 0 radical (unpaired) electrons. The smallest absolute Gasteiger partial charge is 0.388 e. The fourth-order valence-electron chi connectivity index (χ4n) is 8.02. The summed E-state index contributed by atoms with van der Waals surface area (Å²) >= 11 is 5.44. The maximum atomic E-state index is 13.8. The van der Waals surface area contributed by atoms with Crippen LogP contribution < -0.4 is 17.0 Å². The normalized spacial score (nSPS) is 43.8. The zero-order valence-electron chi connectivity index (χ0n) is 24.7. The molecule has 11 atom stereocenters. The van der Waals surface area contributed by atoms with Crippen molar-refractivity contribution in [2.45, 2.75) is 55.1 Å². The minimum absolute atomic E-state index is 0.00478. The summed E-state index contributed by atoms with van der Waals surface area (Å²) in [5.74, 6) is -0.622. The van der Waals surface area contributed by atoms with E-state index in [9.17, 15) is 24.3 Å². The van der Waals surface area contributed by atoms with Gasteiger partial charge in [0.15, 0.2) is 28.9 Å². The highest BCUT2D eigenvalue weighted by atomic mass is 32.5. The number of aromatic amines is 1. The summed E-state index contributed by atoms with van der Waals surface area (Å²) in [5, 5.41) is 11.8. The van der Waals surface area contributed by atoms with Crippen molar-refractivity contribution >= 4 is 60.4 Å². The molecule has 7 heterocycles. The van der Waals surface area contributed by atoms with E-state index in [0.29, 0.717) is 11.2 Å². The van der Waals surface area contributed by atoms with Crippen LogP contribution in [0.1, 0.15) is 25.6 Å². The van der Waals surface area contributed by atoms with Gasteiger partial charge in [-0.2, -0.15) is 4.98 Å². The topological polar surface area (TPSA) is 292 Å². The number of fused-ring (bicyclic) bond motifs is 3. The Labute approximate surface area is 273 Å². The Bertz CT molecular complexity index is 2180. The number of nitrogen functional groups attached to an aromatic ring is 2. The summed E-state index contributed by atoms with van der Waals surface area (Å²) < 4.78 is 52.6. The molecule has 2 bridgehead atoms. The van der Waals surface area contributed by atoms with Gasteiger partial charge in [0.2, 0.25) is 5.95 Å². The zero-order chi connectivity index (χ0) is 33.6. The minimum atomic E-state index is -4.98. The molecule has 0 amide bonds. The molecule has 4 aromatic heterocycles. The first-order valence-corrected chi connectivity index (χ1v) is 18.7. The average molecular weight is 727 g/mol. The van der Waals surface area contributed by atoms with E-state index >= 15 is 0 Å². The third kappa shape index (κ3) is 4.11. The molecule has 3 aliphatic heterocycles. The van der Waals surface area contributed by atoms with Crippen molar-refractivity contribution in [3.05, 3.63) is 29.3 Å². The SMILES string of the molecule is C[C@@]12COP(O)(=S)O[C@H]3[C@H]4OC[C@]3(COP(=O)(O)O[C@]13[C@@H](O)[C@H](n1cnc5c(=O)[nH]c(N)nc51)C[C@@H]32)O[C@H]4n1cnc2c(N)ncnc21. The van der Waals surface area contributed by atoms with Gasteiger partial charge in [-0.05, 0) is 18.2 Å². The van der Waals surface area contributed by atoms with Crippen LogP contribution in [-0.4, -0.2) is 103 Å². The monoisotopic (exact) mass is 726 g/mol. The number of aliphatic hydroxyl groups excluding tert-OH is 1. The number of phosphoric ester groups is 1. The number of aliphatic hydroxyl groups is 1. The molecule has 2 saturated carbocycles. The molecule has 4 aromatic rings. The fourth-order valence-corrected chi connectivity index (χ4v) is 10.8. The van der Waals surface area contributed by atoms with Crippen LogP contribution in [0.2, 0.25) is 0 Å². The minimum Gasteiger partial charge on any atom is -0.388 e. The number of hydrogen-bond acceptors (Lipinski definition) is 17. The Morgan fingerprint density at radius 1 is 1.06 bits per heavy atom. The van der Waals surface area contributed by atoms with Gasteiger partial charge in [0.1, 0.15) is 41.4 Å². The third-order valence-electron chi connectivity index (χ3n) is 10.3. The second-order valence-electron chi connectivity index (χ2n) is 12.8. The van der Waals surface area contributed by atoms with Gasteiger partial charge < -0.3 is 44.9 Å². The number of anilines is 2. The van der Waals surface area contributed by atoms with E-state index in [1.807, 2.05) is 0 Å². The van der Waals surface area contributed by atoms with E-state index < -0.39 is 79.8 Å². The average Bonchev–Trinajstić information content (AvgIpc) is 3.69. The molecule has 5 aliphatic rings. The van der Waals surface area contributed by atoms with E-state index in [0.717, 1.165) is 0 Å². The Morgan fingerprint density at radius 3 is 2.65 bits per heavy atom. The molecule has 5 fully saturated rings. The number of nitrogens with zero attached hydrogens (tertiary/aromatic N) is 7. The van der Waals surface area contributed by atoms with Crippen LogP contribution in [-0.2, 0) is 43.9 Å². The van der Waals surface area contributed by atoms with E-state index in [2.05, 4.69) is 29.9 Å². The molecule has 24 heteroatoms. The Kier molecular flexibility index (Phi) is 6.36. The van der Waals surface area contributed by atoms with E-state index in [1.54, 1.807) is 6.92 Å². The summed E-state index contributed by atoms with van der Waals surface area (Å²) in [4.78, 5) is 58.0. The maximum absolute atomic E-state index is 13.8. The first kappa shape index (κ1) is 31.0. The van der Waals surface area contributed by atoms with Gasteiger partial charge in [0.05, 0.1) is 38.5 Å². The Hall–Kier alpha value is -2.98. The molecule has 2 unspecified atom stereocenters. The summed E-state index contributed by atoms with van der Waals surface area (Å²) in [6.45, 7) is -3.48. The number of phosphoric acid groups is 1. The summed E-state index contributed by atoms with van der Waals surface area (Å²) in [6, 6.07) is -0.808. The molecule has 0 aromatic carbocycles. The van der Waals surface area contributed by atoms with E-state index in [4.69, 9.17) is 50.8 Å². The second-order valence-corrected chi connectivity index (χ2v) is 17.0. The predicted molar refractivity (Wildman–Crippen MR) is 163 cm³/mol. The van der Waals surface area contributed by atoms with Crippen LogP contribution >= 0.6 is 14.5 Å². The van der Waals surface area contributed by atoms with Crippen molar-refractivity contribution < 1.29 is 47.0 Å². The Morgan fingerprint density at radius 2 is 1.83 bits per heavy atom. The number of nitrogens with one attached hydrogen (secondary N) is 1. The lowest BCUT2D eigenvalue weighted by atomic mass is 9.92. The van der Waals surface area contributed by atoms with Crippen LogP contribution in [0.15, 0.2) is 23.8 Å². The van der Waals surface area contributed by atoms with Crippen LogP contribution in [0, 0.1) is 11.3 Å². The van der Waals surface area contributed by atoms with Crippen molar-refractivity contribution in [3.8, 4) is 0 Å². The molecule has 2 aliphatic carbocycles. The van der Waals surface area contributed by atoms with Gasteiger partial charge in [-0.25, -0.2) is 24.5 Å². The van der Waals surface area contributed by atoms with E-state index in [-0.39, 0.29) is 42.6 Å². The first-order valence-electron chi connectivity index (χ1n) is 14.7. The van der Waals surface area contributed by atoms with Gasteiger partial charge in [-0.1, -0.05) is 6.92 Å². The first-order chi connectivity index (χ1) is 22.7. The highest BCUT2D eigenvalue weighted by Crippen LogP contribution is 2.78. The summed E-state index contributed by atoms with van der Waals surface area (Å²) in [6.07, 6.45) is -0.280. The lowest BCUT2D eigenvalue weighted by Crippen LogP contribution is -2.46. The largest absolute Gasteiger partial charge is 0.472 e. The number of ether oxygens (including phenoxy) is 2.